The quantitative estimate of drug-likeness (QED) is 0.807. The average Bonchev–Trinajstić information content (AvgIpc) is 2.68. The predicted octanol–water partition coefficient (Wildman–Crippen LogP) is 4.53. The topological polar surface area (TPSA) is 46.6 Å². The molecule has 4 heteroatoms. The highest BCUT2D eigenvalue weighted by atomic mass is 16.5. The number of nitrogens with zero attached hydrogens (tertiary/aromatic N) is 1. The molecule has 4 nitrogen and oxygen atoms in total. The van der Waals surface area contributed by atoms with Crippen molar-refractivity contribution in [3.63, 3.8) is 0 Å². The van der Waals surface area contributed by atoms with Crippen molar-refractivity contribution in [2.75, 3.05) is 12.0 Å². The van der Waals surface area contributed by atoms with Crippen molar-refractivity contribution in [2.45, 2.75) is 38.5 Å². The first-order chi connectivity index (χ1) is 13.1. The smallest absolute Gasteiger partial charge is 0.232 e. The fourth-order valence-electron chi connectivity index (χ4n) is 4.27. The highest BCUT2D eigenvalue weighted by molar-refractivity contribution is 6.07. The van der Waals surface area contributed by atoms with Crippen molar-refractivity contribution in [2.24, 2.45) is 0 Å². The zero-order valence-corrected chi connectivity index (χ0v) is 15.7. The van der Waals surface area contributed by atoms with Crippen LogP contribution in [0.5, 0.6) is 5.75 Å². The number of rotatable bonds is 3. The van der Waals surface area contributed by atoms with Crippen LogP contribution in [0.4, 0.5) is 5.69 Å². The number of anilines is 1. The number of methoxy groups -OCH3 is 1. The molecule has 4 rings (SSSR count). The lowest BCUT2D eigenvalue weighted by atomic mass is 9.76. The SMILES string of the molecule is COc1ccc(N2C(=O)CC(c3ccccc3C)C3=C2CCCC3=O)cc1. The van der Waals surface area contributed by atoms with Crippen molar-refractivity contribution in [3.8, 4) is 5.75 Å². The molecule has 0 radical (unpaired) electrons. The molecular formula is C23H23NO3. The Kier molecular flexibility index (Phi) is 4.56. The zero-order valence-electron chi connectivity index (χ0n) is 15.7. The van der Waals surface area contributed by atoms with Gasteiger partial charge in [-0.05, 0) is 55.2 Å². The van der Waals surface area contributed by atoms with Gasteiger partial charge in [-0.1, -0.05) is 24.3 Å². The van der Waals surface area contributed by atoms with Crippen LogP contribution in [0.3, 0.4) is 0 Å². The van der Waals surface area contributed by atoms with E-state index in [0.717, 1.165) is 46.7 Å². The van der Waals surface area contributed by atoms with Gasteiger partial charge in [-0.15, -0.1) is 0 Å². The average molecular weight is 361 g/mol. The highest BCUT2D eigenvalue weighted by Crippen LogP contribution is 2.44. The number of hydrogen-bond donors (Lipinski definition) is 0. The third kappa shape index (κ3) is 3.05. The van der Waals surface area contributed by atoms with Gasteiger partial charge in [0.15, 0.2) is 5.78 Å². The maximum Gasteiger partial charge on any atom is 0.232 e. The molecule has 2 aliphatic rings. The first kappa shape index (κ1) is 17.5. The number of allylic oxidation sites excluding steroid dienone is 2. The maximum atomic E-state index is 13.2. The van der Waals surface area contributed by atoms with Crippen LogP contribution < -0.4 is 9.64 Å². The monoisotopic (exact) mass is 361 g/mol. The molecule has 1 amide bonds. The van der Waals surface area contributed by atoms with Crippen LogP contribution >= 0.6 is 0 Å². The second-order valence-electron chi connectivity index (χ2n) is 7.18. The third-order valence-electron chi connectivity index (χ3n) is 5.57. The van der Waals surface area contributed by atoms with E-state index in [-0.39, 0.29) is 17.6 Å². The fraction of sp³-hybridized carbons (Fsp3) is 0.304. The summed E-state index contributed by atoms with van der Waals surface area (Å²) < 4.78 is 5.23. The van der Waals surface area contributed by atoms with E-state index < -0.39 is 0 Å². The zero-order chi connectivity index (χ0) is 19.0. The first-order valence-electron chi connectivity index (χ1n) is 9.39. The van der Waals surface area contributed by atoms with Gasteiger partial charge in [0.25, 0.3) is 0 Å². The molecule has 1 heterocycles. The van der Waals surface area contributed by atoms with E-state index in [9.17, 15) is 9.59 Å². The number of ether oxygens (including phenoxy) is 1. The van der Waals surface area contributed by atoms with Crippen LogP contribution in [0.15, 0.2) is 59.8 Å². The first-order valence-corrected chi connectivity index (χ1v) is 9.39. The van der Waals surface area contributed by atoms with Gasteiger partial charge in [-0.25, -0.2) is 0 Å². The van der Waals surface area contributed by atoms with E-state index in [1.807, 2.05) is 55.5 Å². The number of carbonyl (C=O) groups excluding carboxylic acids is 2. The minimum Gasteiger partial charge on any atom is -0.497 e. The van der Waals surface area contributed by atoms with Crippen LogP contribution in [0.25, 0.3) is 0 Å². The van der Waals surface area contributed by atoms with E-state index in [1.54, 1.807) is 12.0 Å². The molecule has 2 aromatic rings. The molecule has 1 aliphatic heterocycles. The number of carbonyl (C=O) groups is 2. The van der Waals surface area contributed by atoms with Crippen LogP contribution in [-0.2, 0) is 9.59 Å². The second-order valence-corrected chi connectivity index (χ2v) is 7.18. The van der Waals surface area contributed by atoms with E-state index in [4.69, 9.17) is 4.74 Å². The number of aryl methyl sites for hydroxylation is 1. The van der Waals surface area contributed by atoms with Crippen molar-refractivity contribution >= 4 is 17.4 Å². The lowest BCUT2D eigenvalue weighted by Gasteiger charge is -2.38. The van der Waals surface area contributed by atoms with E-state index in [0.29, 0.717) is 12.8 Å². The maximum absolute atomic E-state index is 13.2. The van der Waals surface area contributed by atoms with E-state index in [1.165, 1.54) is 0 Å². The van der Waals surface area contributed by atoms with Gasteiger partial charge in [0.1, 0.15) is 5.75 Å². The summed E-state index contributed by atoms with van der Waals surface area (Å²) in [5, 5.41) is 0. The molecule has 0 saturated carbocycles. The Balaban J connectivity index is 1.84. The lowest BCUT2D eigenvalue weighted by molar-refractivity contribution is -0.119. The summed E-state index contributed by atoms with van der Waals surface area (Å²) in [6.45, 7) is 2.04. The number of ketones is 1. The molecule has 1 atom stereocenters. The van der Waals surface area contributed by atoms with Crippen molar-refractivity contribution in [1.82, 2.24) is 0 Å². The molecule has 2 aromatic carbocycles. The predicted molar refractivity (Wildman–Crippen MR) is 105 cm³/mol. The number of amides is 1. The lowest BCUT2D eigenvalue weighted by Crippen LogP contribution is -2.40. The molecule has 0 N–H and O–H groups in total. The summed E-state index contributed by atoms with van der Waals surface area (Å²) in [5.41, 5.74) is 4.71. The Bertz CT molecular complexity index is 927. The van der Waals surface area contributed by atoms with Crippen LogP contribution in [0.2, 0.25) is 0 Å². The summed E-state index contributed by atoms with van der Waals surface area (Å²) in [7, 11) is 1.62. The molecule has 27 heavy (non-hydrogen) atoms. The van der Waals surface area contributed by atoms with Gasteiger partial charge in [0.2, 0.25) is 5.91 Å². The largest absolute Gasteiger partial charge is 0.497 e. The minimum atomic E-state index is -0.143. The summed E-state index contributed by atoms with van der Waals surface area (Å²) in [4.78, 5) is 27.8. The molecular weight excluding hydrogens is 338 g/mol. The van der Waals surface area contributed by atoms with Crippen LogP contribution in [-0.4, -0.2) is 18.8 Å². The van der Waals surface area contributed by atoms with Gasteiger partial charge in [-0.3, -0.25) is 14.5 Å². The Hall–Kier alpha value is -2.88. The second kappa shape index (κ2) is 7.03. The molecule has 0 fully saturated rings. The molecule has 1 unspecified atom stereocenters. The molecule has 138 valence electrons. The number of benzene rings is 2. The van der Waals surface area contributed by atoms with Gasteiger partial charge in [0, 0.05) is 35.7 Å². The molecule has 0 saturated heterocycles. The fourth-order valence-corrected chi connectivity index (χ4v) is 4.27. The normalized spacial score (nSPS) is 19.9. The Morgan fingerprint density at radius 2 is 1.74 bits per heavy atom. The Labute approximate surface area is 159 Å². The van der Waals surface area contributed by atoms with E-state index in [2.05, 4.69) is 0 Å². The molecule has 0 bridgehead atoms. The highest BCUT2D eigenvalue weighted by Gasteiger charge is 2.40. The summed E-state index contributed by atoms with van der Waals surface area (Å²) in [6, 6.07) is 15.5. The summed E-state index contributed by atoms with van der Waals surface area (Å²) in [5.74, 6) is 0.823. The number of hydrogen-bond acceptors (Lipinski definition) is 3. The van der Waals surface area contributed by atoms with Crippen LogP contribution in [0.1, 0.15) is 42.7 Å². The van der Waals surface area contributed by atoms with Crippen molar-refractivity contribution < 1.29 is 14.3 Å². The van der Waals surface area contributed by atoms with Gasteiger partial charge >= 0.3 is 0 Å². The number of Topliss-reactive ketones (excluding diaryl/α,β-unsaturated/α-hetero) is 1. The standard InChI is InChI=1S/C23H23NO3/c1-15-6-3-4-7-18(15)19-14-22(26)24(16-10-12-17(27-2)13-11-16)20-8-5-9-21(25)23(19)20/h3-4,6-7,10-13,19H,5,8-9,14H2,1-2H3. The Morgan fingerprint density at radius 1 is 1.00 bits per heavy atom. The van der Waals surface area contributed by atoms with Gasteiger partial charge < -0.3 is 4.74 Å². The van der Waals surface area contributed by atoms with Crippen molar-refractivity contribution in [1.29, 1.82) is 0 Å². The Morgan fingerprint density at radius 3 is 2.44 bits per heavy atom. The molecule has 1 aliphatic carbocycles. The molecule has 0 aromatic heterocycles. The van der Waals surface area contributed by atoms with Crippen LogP contribution in [0, 0.1) is 6.92 Å². The third-order valence-corrected chi connectivity index (χ3v) is 5.57. The van der Waals surface area contributed by atoms with E-state index >= 15 is 0 Å². The molecule has 0 spiro atoms. The summed E-state index contributed by atoms with van der Waals surface area (Å²) in [6.07, 6.45) is 2.42. The van der Waals surface area contributed by atoms with Crippen molar-refractivity contribution in [3.05, 3.63) is 70.9 Å². The van der Waals surface area contributed by atoms with Gasteiger partial charge in [0.05, 0.1) is 7.11 Å². The minimum absolute atomic E-state index is 0.0434. The van der Waals surface area contributed by atoms with Gasteiger partial charge in [-0.2, -0.15) is 0 Å². The summed E-state index contributed by atoms with van der Waals surface area (Å²) >= 11 is 0.